The number of Topliss-reactive ketones (excluding diaryl/α,β-unsaturated/α-hetero) is 1. The predicted molar refractivity (Wildman–Crippen MR) is 119 cm³/mol. The third kappa shape index (κ3) is 3.22. The summed E-state index contributed by atoms with van der Waals surface area (Å²) in [4.78, 5) is 29.4. The van der Waals surface area contributed by atoms with E-state index in [1.165, 1.54) is 0 Å². The molecule has 6 nitrogen and oxygen atoms in total. The van der Waals surface area contributed by atoms with Crippen LogP contribution in [0.2, 0.25) is 0 Å². The van der Waals surface area contributed by atoms with Gasteiger partial charge in [-0.05, 0) is 25.1 Å². The van der Waals surface area contributed by atoms with Crippen LogP contribution in [0.3, 0.4) is 0 Å². The molecule has 6 heteroatoms. The number of nitrogens with one attached hydrogen (secondary N) is 3. The van der Waals surface area contributed by atoms with Crippen molar-refractivity contribution in [3.05, 3.63) is 71.9 Å². The molecule has 2 heterocycles. The summed E-state index contributed by atoms with van der Waals surface area (Å²) in [6.07, 6.45) is 2.22. The largest absolute Gasteiger partial charge is 0.326 e. The van der Waals surface area contributed by atoms with Gasteiger partial charge in [0.05, 0.1) is 16.6 Å². The van der Waals surface area contributed by atoms with Crippen LogP contribution in [0.15, 0.2) is 60.8 Å². The maximum atomic E-state index is 12.4. The van der Waals surface area contributed by atoms with Gasteiger partial charge >= 0.3 is 0 Å². The molecule has 0 bridgehead atoms. The van der Waals surface area contributed by atoms with Crippen molar-refractivity contribution >= 4 is 50.1 Å². The highest BCUT2D eigenvalue weighted by Crippen LogP contribution is 2.31. The first-order chi connectivity index (χ1) is 14.6. The van der Waals surface area contributed by atoms with Crippen LogP contribution in [0.4, 0.5) is 5.69 Å². The van der Waals surface area contributed by atoms with Crippen molar-refractivity contribution < 1.29 is 9.59 Å². The number of H-pyrrole nitrogens is 2. The molecule has 0 aliphatic heterocycles. The maximum absolute atomic E-state index is 12.4. The molecule has 0 fully saturated rings. The van der Waals surface area contributed by atoms with Crippen LogP contribution >= 0.6 is 0 Å². The van der Waals surface area contributed by atoms with E-state index in [0.717, 1.165) is 38.3 Å². The monoisotopic (exact) mass is 396 g/mol. The van der Waals surface area contributed by atoms with Crippen molar-refractivity contribution in [3.63, 3.8) is 0 Å². The molecule has 148 valence electrons. The first-order valence-electron chi connectivity index (χ1n) is 9.86. The van der Waals surface area contributed by atoms with E-state index in [1.807, 2.05) is 55.6 Å². The van der Waals surface area contributed by atoms with Gasteiger partial charge in [0, 0.05) is 46.4 Å². The number of benzene rings is 3. The highest BCUT2D eigenvalue weighted by atomic mass is 16.2. The van der Waals surface area contributed by atoms with Gasteiger partial charge in [-0.3, -0.25) is 14.7 Å². The van der Waals surface area contributed by atoms with Crippen molar-refractivity contribution in [3.8, 4) is 0 Å². The van der Waals surface area contributed by atoms with E-state index in [0.29, 0.717) is 11.3 Å². The molecule has 0 spiro atoms. The molecule has 3 N–H and O–H groups in total. The summed E-state index contributed by atoms with van der Waals surface area (Å²) >= 11 is 0. The topological polar surface area (TPSA) is 90.6 Å². The van der Waals surface area contributed by atoms with E-state index < -0.39 is 0 Å². The van der Waals surface area contributed by atoms with E-state index in [1.54, 1.807) is 12.1 Å². The van der Waals surface area contributed by atoms with Crippen molar-refractivity contribution in [1.82, 2.24) is 15.2 Å². The fraction of sp³-hybridized carbons (Fsp3) is 0.125. The fourth-order valence-electron chi connectivity index (χ4n) is 3.76. The number of carbonyl (C=O) groups is 2. The quantitative estimate of drug-likeness (QED) is 0.361. The lowest BCUT2D eigenvalue weighted by Crippen LogP contribution is -2.13. The van der Waals surface area contributed by atoms with Crippen molar-refractivity contribution in [2.45, 2.75) is 19.8 Å². The molecule has 3 aromatic carbocycles. The standard InChI is InChI=1S/C24H20N4O2/c1-14-2-4-15(5-3-14)21(29)10-11-22(30)26-17-7-9-20-19(12-17)18-8-6-16-13-25-28-23(16)24(18)27-20/h2-9,12-13,25,28H,10-11H2,1H3,(H,26,30). The number of carbonyl (C=O) groups excluding carboxylic acids is 2. The van der Waals surface area contributed by atoms with Crippen molar-refractivity contribution in [1.29, 1.82) is 0 Å². The van der Waals surface area contributed by atoms with Crippen LogP contribution in [0.25, 0.3) is 32.7 Å². The summed E-state index contributed by atoms with van der Waals surface area (Å²) in [5.74, 6) is -0.210. The first kappa shape index (κ1) is 18.1. The predicted octanol–water partition coefficient (Wildman–Crippen LogP) is 5.11. The van der Waals surface area contributed by atoms with Gasteiger partial charge in [-0.1, -0.05) is 42.0 Å². The fourth-order valence-corrected chi connectivity index (χ4v) is 3.76. The minimum Gasteiger partial charge on any atom is -0.326 e. The second kappa shape index (κ2) is 7.15. The molecule has 0 saturated carbocycles. The van der Waals surface area contributed by atoms with Crippen LogP contribution in [0, 0.1) is 6.92 Å². The van der Waals surface area contributed by atoms with Gasteiger partial charge in [-0.2, -0.15) is 0 Å². The summed E-state index contributed by atoms with van der Waals surface area (Å²) in [5, 5.41) is 12.1. The van der Waals surface area contributed by atoms with E-state index in [-0.39, 0.29) is 24.5 Å². The van der Waals surface area contributed by atoms with Crippen LogP contribution < -0.4 is 5.32 Å². The number of amides is 1. The number of hydrogen-bond donors (Lipinski definition) is 3. The number of anilines is 1. The lowest BCUT2D eigenvalue weighted by atomic mass is 10.0. The highest BCUT2D eigenvalue weighted by Gasteiger charge is 2.13. The Labute approximate surface area is 172 Å². The second-order valence-corrected chi connectivity index (χ2v) is 7.52. The summed E-state index contributed by atoms with van der Waals surface area (Å²) in [5.41, 5.74) is 5.17. The van der Waals surface area contributed by atoms with Crippen molar-refractivity contribution in [2.75, 3.05) is 5.32 Å². The molecule has 0 atom stereocenters. The van der Waals surface area contributed by atoms with Gasteiger partial charge in [0.2, 0.25) is 5.91 Å². The molecule has 2 aromatic heterocycles. The Balaban J connectivity index is 1.33. The molecule has 30 heavy (non-hydrogen) atoms. The van der Waals surface area contributed by atoms with Crippen LogP contribution in [0.5, 0.6) is 0 Å². The molecule has 1 amide bonds. The van der Waals surface area contributed by atoms with E-state index >= 15 is 0 Å². The molecule has 5 rings (SSSR count). The summed E-state index contributed by atoms with van der Waals surface area (Å²) < 4.78 is 0. The van der Waals surface area contributed by atoms with E-state index in [9.17, 15) is 9.59 Å². The number of ketones is 1. The number of aromatic nitrogens is 3. The van der Waals surface area contributed by atoms with Gasteiger partial charge in [-0.15, -0.1) is 0 Å². The lowest BCUT2D eigenvalue weighted by molar-refractivity contribution is -0.116. The first-order valence-corrected chi connectivity index (χ1v) is 9.86. The Hall–Kier alpha value is -3.93. The minimum absolute atomic E-state index is 0.0291. The number of nitrogens with zero attached hydrogens (tertiary/aromatic N) is 1. The third-order valence-corrected chi connectivity index (χ3v) is 5.39. The smallest absolute Gasteiger partial charge is 0.224 e. The lowest BCUT2D eigenvalue weighted by Gasteiger charge is -2.06. The van der Waals surface area contributed by atoms with E-state index in [4.69, 9.17) is 4.98 Å². The van der Waals surface area contributed by atoms with Gasteiger partial charge in [0.25, 0.3) is 0 Å². The van der Waals surface area contributed by atoms with Gasteiger partial charge < -0.3 is 10.4 Å². The normalized spacial score (nSPS) is 11.4. The summed E-state index contributed by atoms with van der Waals surface area (Å²) in [6, 6.07) is 17.2. The zero-order valence-corrected chi connectivity index (χ0v) is 16.5. The zero-order chi connectivity index (χ0) is 20.7. The molecule has 0 saturated heterocycles. The average molecular weight is 396 g/mol. The number of fused-ring (bicyclic) bond motifs is 5. The molecule has 5 aromatic rings. The maximum Gasteiger partial charge on any atom is 0.224 e. The Bertz CT molecular complexity index is 1410. The van der Waals surface area contributed by atoms with Gasteiger partial charge in [0.1, 0.15) is 0 Å². The minimum atomic E-state index is -0.181. The van der Waals surface area contributed by atoms with Crippen LogP contribution in [-0.2, 0) is 4.79 Å². The van der Waals surface area contributed by atoms with Gasteiger partial charge in [0.15, 0.2) is 5.78 Å². The molecule has 0 aliphatic rings. The van der Waals surface area contributed by atoms with Crippen molar-refractivity contribution in [2.24, 2.45) is 0 Å². The highest BCUT2D eigenvalue weighted by molar-refractivity contribution is 6.16. The molecular formula is C24H20N4O2. The Morgan fingerprint density at radius 1 is 0.967 bits per heavy atom. The molecule has 0 aliphatic carbocycles. The summed E-state index contributed by atoms with van der Waals surface area (Å²) in [6.45, 7) is 1.98. The number of hydrogen-bond acceptors (Lipinski definition) is 3. The molecule has 0 unspecified atom stereocenters. The Kier molecular flexibility index (Phi) is 4.32. The van der Waals surface area contributed by atoms with Crippen LogP contribution in [-0.4, -0.2) is 26.9 Å². The number of aromatic amines is 2. The number of aryl methyl sites for hydroxylation is 1. The zero-order valence-electron chi connectivity index (χ0n) is 16.5. The molecular weight excluding hydrogens is 376 g/mol. The summed E-state index contributed by atoms with van der Waals surface area (Å²) in [7, 11) is 0. The SMILES string of the molecule is Cc1ccc(C(=O)CCC(=O)Nc2ccc3nc4c(ccc5c[nH][nH]c54)c3c2)cc1. The second-order valence-electron chi connectivity index (χ2n) is 7.52. The Morgan fingerprint density at radius 3 is 2.63 bits per heavy atom. The average Bonchev–Trinajstić information content (AvgIpc) is 3.36. The van der Waals surface area contributed by atoms with Gasteiger partial charge in [-0.25, -0.2) is 4.98 Å². The van der Waals surface area contributed by atoms with Crippen LogP contribution in [0.1, 0.15) is 28.8 Å². The third-order valence-electron chi connectivity index (χ3n) is 5.39. The Morgan fingerprint density at radius 2 is 1.80 bits per heavy atom. The molecule has 0 radical (unpaired) electrons. The number of rotatable bonds is 5. The van der Waals surface area contributed by atoms with E-state index in [2.05, 4.69) is 15.5 Å².